The van der Waals surface area contributed by atoms with Crippen LogP contribution in [0.2, 0.25) is 0 Å². The molecule has 2 aromatic carbocycles. The van der Waals surface area contributed by atoms with Crippen LogP contribution in [-0.4, -0.2) is 24.8 Å². The van der Waals surface area contributed by atoms with Crippen LogP contribution in [0.15, 0.2) is 45.6 Å². The molecule has 128 valence electrons. The van der Waals surface area contributed by atoms with Crippen LogP contribution >= 0.6 is 0 Å². The molecule has 1 aromatic heterocycles. The number of ether oxygens (including phenoxy) is 3. The van der Waals surface area contributed by atoms with Crippen molar-refractivity contribution < 1.29 is 27.4 Å². The molecule has 1 aliphatic heterocycles. The third kappa shape index (κ3) is 2.86. The molecule has 4 rings (SSSR count). The maximum atomic E-state index is 12.6. The molecule has 2 heterocycles. The van der Waals surface area contributed by atoms with Crippen LogP contribution in [0.5, 0.6) is 17.2 Å². The van der Waals surface area contributed by atoms with Gasteiger partial charge in [0.25, 0.3) is 0 Å². The molecule has 0 aliphatic carbocycles. The van der Waals surface area contributed by atoms with Gasteiger partial charge >= 0.3 is 12.2 Å². The van der Waals surface area contributed by atoms with E-state index in [-0.39, 0.29) is 22.6 Å². The van der Waals surface area contributed by atoms with E-state index in [2.05, 4.69) is 9.72 Å². The van der Waals surface area contributed by atoms with Crippen LogP contribution in [0.1, 0.15) is 0 Å². The Labute approximate surface area is 139 Å². The van der Waals surface area contributed by atoms with Gasteiger partial charge in [0.05, 0.1) is 16.5 Å². The quantitative estimate of drug-likeness (QED) is 0.724. The monoisotopic (exact) mass is 347 g/mol. The molecule has 0 saturated carbocycles. The van der Waals surface area contributed by atoms with Crippen molar-refractivity contribution in [3.63, 3.8) is 0 Å². The standard InChI is InChI=1S/C17H11F2NO5/c18-17(19)24-12-4-2-1-3-9(12)15-20-11-8-14-13(22-5-6-23-14)7-10(11)16(21)25-15/h1-4,7-8,17H,5-6H2. The van der Waals surface area contributed by atoms with Gasteiger partial charge in [-0.2, -0.15) is 8.78 Å². The molecular formula is C17H11F2NO5. The number of aromatic nitrogens is 1. The summed E-state index contributed by atoms with van der Waals surface area (Å²) < 4.78 is 45.7. The van der Waals surface area contributed by atoms with E-state index in [1.165, 1.54) is 24.3 Å². The second-order valence-electron chi connectivity index (χ2n) is 5.19. The summed E-state index contributed by atoms with van der Waals surface area (Å²) in [4.78, 5) is 16.6. The van der Waals surface area contributed by atoms with Crippen molar-refractivity contribution in [2.24, 2.45) is 0 Å². The molecular weight excluding hydrogens is 336 g/mol. The zero-order valence-corrected chi connectivity index (χ0v) is 12.7. The highest BCUT2D eigenvalue weighted by Gasteiger charge is 2.19. The molecule has 1 aliphatic rings. The van der Waals surface area contributed by atoms with Gasteiger partial charge in [-0.15, -0.1) is 0 Å². The second kappa shape index (κ2) is 6.04. The SMILES string of the molecule is O=c1oc(-c2ccccc2OC(F)F)nc2cc3c(cc12)OCCO3. The summed E-state index contributed by atoms with van der Waals surface area (Å²) in [7, 11) is 0. The normalized spacial score (nSPS) is 13.2. The Morgan fingerprint density at radius 2 is 1.80 bits per heavy atom. The van der Waals surface area contributed by atoms with Crippen molar-refractivity contribution in [3.05, 3.63) is 46.8 Å². The van der Waals surface area contributed by atoms with Crippen molar-refractivity contribution in [1.82, 2.24) is 4.98 Å². The highest BCUT2D eigenvalue weighted by Crippen LogP contribution is 2.35. The first-order valence-electron chi connectivity index (χ1n) is 7.40. The maximum Gasteiger partial charge on any atom is 0.387 e. The Hall–Kier alpha value is -3.16. The van der Waals surface area contributed by atoms with Gasteiger partial charge in [-0.05, 0) is 12.1 Å². The number of halogens is 2. The highest BCUT2D eigenvalue weighted by molar-refractivity contribution is 5.83. The molecule has 0 atom stereocenters. The van der Waals surface area contributed by atoms with Gasteiger partial charge in [-0.25, -0.2) is 9.78 Å². The third-order valence-electron chi connectivity index (χ3n) is 3.63. The van der Waals surface area contributed by atoms with Crippen molar-refractivity contribution in [3.8, 4) is 28.7 Å². The van der Waals surface area contributed by atoms with E-state index in [9.17, 15) is 13.6 Å². The van der Waals surface area contributed by atoms with Crippen molar-refractivity contribution in [2.45, 2.75) is 6.61 Å². The summed E-state index contributed by atoms with van der Waals surface area (Å²) in [5, 5.41) is 0.209. The zero-order chi connectivity index (χ0) is 17.4. The first-order chi connectivity index (χ1) is 12.1. The summed E-state index contributed by atoms with van der Waals surface area (Å²) in [5.41, 5.74) is -0.206. The smallest absolute Gasteiger partial charge is 0.387 e. The van der Waals surface area contributed by atoms with E-state index in [4.69, 9.17) is 13.9 Å². The Balaban J connectivity index is 1.88. The minimum absolute atomic E-state index is 0.120. The van der Waals surface area contributed by atoms with Gasteiger partial charge in [0.15, 0.2) is 11.5 Å². The summed E-state index contributed by atoms with van der Waals surface area (Å²) in [6.45, 7) is -2.24. The lowest BCUT2D eigenvalue weighted by Gasteiger charge is -2.18. The minimum Gasteiger partial charge on any atom is -0.486 e. The van der Waals surface area contributed by atoms with E-state index in [0.29, 0.717) is 30.2 Å². The van der Waals surface area contributed by atoms with Gasteiger partial charge in [0.1, 0.15) is 19.0 Å². The summed E-state index contributed by atoms with van der Waals surface area (Å²) in [6, 6.07) is 9.00. The summed E-state index contributed by atoms with van der Waals surface area (Å²) in [5.74, 6) is 0.637. The molecule has 6 nitrogen and oxygen atoms in total. The molecule has 0 fully saturated rings. The minimum atomic E-state index is -3.01. The van der Waals surface area contributed by atoms with Gasteiger partial charge in [0, 0.05) is 12.1 Å². The van der Waals surface area contributed by atoms with Crippen LogP contribution in [0.3, 0.4) is 0 Å². The topological polar surface area (TPSA) is 70.8 Å². The molecule has 0 bridgehead atoms. The fourth-order valence-electron chi connectivity index (χ4n) is 2.57. The van der Waals surface area contributed by atoms with Crippen LogP contribution in [0, 0.1) is 0 Å². The lowest BCUT2D eigenvalue weighted by atomic mass is 10.1. The number of para-hydroxylation sites is 1. The van der Waals surface area contributed by atoms with E-state index in [0.717, 1.165) is 0 Å². The Morgan fingerprint density at radius 3 is 2.56 bits per heavy atom. The number of fused-ring (bicyclic) bond motifs is 2. The molecule has 0 amide bonds. The van der Waals surface area contributed by atoms with Crippen LogP contribution in [0.25, 0.3) is 22.4 Å². The van der Waals surface area contributed by atoms with Crippen molar-refractivity contribution >= 4 is 10.9 Å². The van der Waals surface area contributed by atoms with E-state index >= 15 is 0 Å². The number of nitrogens with zero attached hydrogens (tertiary/aromatic N) is 1. The Bertz CT molecular complexity index is 1000. The first-order valence-corrected chi connectivity index (χ1v) is 7.40. The molecule has 0 unspecified atom stereocenters. The third-order valence-corrected chi connectivity index (χ3v) is 3.63. The van der Waals surface area contributed by atoms with Gasteiger partial charge in [0.2, 0.25) is 5.89 Å². The molecule has 0 N–H and O–H groups in total. The molecule has 25 heavy (non-hydrogen) atoms. The number of hydrogen-bond donors (Lipinski definition) is 0. The molecule has 0 saturated heterocycles. The average molecular weight is 347 g/mol. The highest BCUT2D eigenvalue weighted by atomic mass is 19.3. The lowest BCUT2D eigenvalue weighted by Crippen LogP contribution is -2.16. The summed E-state index contributed by atoms with van der Waals surface area (Å²) >= 11 is 0. The zero-order valence-electron chi connectivity index (χ0n) is 12.7. The molecule has 0 radical (unpaired) electrons. The predicted molar refractivity (Wildman–Crippen MR) is 83.3 cm³/mol. The fraction of sp³-hybridized carbons (Fsp3) is 0.176. The molecule has 3 aromatic rings. The van der Waals surface area contributed by atoms with Gasteiger partial charge < -0.3 is 18.6 Å². The largest absolute Gasteiger partial charge is 0.486 e. The van der Waals surface area contributed by atoms with Crippen LogP contribution in [0.4, 0.5) is 8.78 Å². The number of rotatable bonds is 3. The number of alkyl halides is 2. The van der Waals surface area contributed by atoms with E-state index in [1.54, 1.807) is 12.1 Å². The second-order valence-corrected chi connectivity index (χ2v) is 5.19. The fourth-order valence-corrected chi connectivity index (χ4v) is 2.57. The van der Waals surface area contributed by atoms with Crippen LogP contribution in [-0.2, 0) is 0 Å². The number of hydrogen-bond acceptors (Lipinski definition) is 6. The average Bonchev–Trinajstić information content (AvgIpc) is 2.60. The molecule has 8 heteroatoms. The first kappa shape index (κ1) is 15.4. The van der Waals surface area contributed by atoms with Gasteiger partial charge in [-0.3, -0.25) is 0 Å². The lowest BCUT2D eigenvalue weighted by molar-refractivity contribution is -0.0495. The Kier molecular flexibility index (Phi) is 3.72. The van der Waals surface area contributed by atoms with E-state index in [1.807, 2.05) is 0 Å². The predicted octanol–water partition coefficient (Wildman–Crippen LogP) is 3.23. The van der Waals surface area contributed by atoms with Gasteiger partial charge in [-0.1, -0.05) is 12.1 Å². The van der Waals surface area contributed by atoms with Crippen molar-refractivity contribution in [2.75, 3.05) is 13.2 Å². The Morgan fingerprint density at radius 1 is 1.08 bits per heavy atom. The molecule has 0 spiro atoms. The van der Waals surface area contributed by atoms with E-state index < -0.39 is 12.2 Å². The van der Waals surface area contributed by atoms with Crippen molar-refractivity contribution in [1.29, 1.82) is 0 Å². The van der Waals surface area contributed by atoms with Crippen LogP contribution < -0.4 is 19.8 Å². The maximum absolute atomic E-state index is 12.6. The number of benzene rings is 2. The summed E-state index contributed by atoms with van der Waals surface area (Å²) in [6.07, 6.45) is 0.